The van der Waals surface area contributed by atoms with E-state index in [-0.39, 0.29) is 18.3 Å². The Kier molecular flexibility index (Phi) is 6.04. The molecule has 2 N–H and O–H groups in total. The van der Waals surface area contributed by atoms with Gasteiger partial charge in [-0.15, -0.1) is 12.4 Å². The molecule has 3 rings (SSSR count). The van der Waals surface area contributed by atoms with Crippen LogP contribution in [0.1, 0.15) is 34.2 Å². The minimum Gasteiger partial charge on any atom is -0.333 e. The molecule has 1 amide bonds. The molecule has 1 aromatic carbocycles. The second kappa shape index (κ2) is 7.81. The zero-order chi connectivity index (χ0) is 15.5. The number of amides is 1. The van der Waals surface area contributed by atoms with E-state index in [1.54, 1.807) is 4.90 Å². The van der Waals surface area contributed by atoms with E-state index in [1.807, 2.05) is 31.2 Å². The number of aromatic amines is 1. The van der Waals surface area contributed by atoms with Gasteiger partial charge >= 0.3 is 0 Å². The van der Waals surface area contributed by atoms with Crippen molar-refractivity contribution in [3.8, 4) is 0 Å². The average molecular weight is 355 g/mol. The van der Waals surface area contributed by atoms with Gasteiger partial charge in [0.2, 0.25) is 0 Å². The van der Waals surface area contributed by atoms with Crippen LogP contribution in [0.15, 0.2) is 24.3 Å². The third kappa shape index (κ3) is 3.68. The molecule has 23 heavy (non-hydrogen) atoms. The minimum absolute atomic E-state index is 0. The fraction of sp³-hybridized carbons (Fsp3) is 0.375. The van der Waals surface area contributed by atoms with Gasteiger partial charge in [-0.25, -0.2) is 0 Å². The van der Waals surface area contributed by atoms with Crippen molar-refractivity contribution >= 4 is 29.9 Å². The highest BCUT2D eigenvalue weighted by Gasteiger charge is 2.25. The molecule has 0 saturated heterocycles. The van der Waals surface area contributed by atoms with Gasteiger partial charge in [0.25, 0.3) is 5.91 Å². The number of hydrogen-bond acceptors (Lipinski definition) is 3. The van der Waals surface area contributed by atoms with Crippen molar-refractivity contribution in [3.63, 3.8) is 0 Å². The Labute approximate surface area is 146 Å². The summed E-state index contributed by atoms with van der Waals surface area (Å²) in [5, 5.41) is 11.2. The van der Waals surface area contributed by atoms with Gasteiger partial charge in [0, 0.05) is 48.9 Å². The summed E-state index contributed by atoms with van der Waals surface area (Å²) >= 11 is 6.20. The van der Waals surface area contributed by atoms with E-state index in [1.165, 1.54) is 0 Å². The lowest BCUT2D eigenvalue weighted by Crippen LogP contribution is -2.32. The quantitative estimate of drug-likeness (QED) is 0.887. The Morgan fingerprint density at radius 2 is 2.17 bits per heavy atom. The molecule has 0 bridgehead atoms. The average Bonchev–Trinajstić information content (AvgIpc) is 2.97. The van der Waals surface area contributed by atoms with E-state index >= 15 is 0 Å². The van der Waals surface area contributed by atoms with Crippen LogP contribution >= 0.6 is 24.0 Å². The largest absolute Gasteiger partial charge is 0.333 e. The summed E-state index contributed by atoms with van der Waals surface area (Å²) in [6, 6.07) is 7.61. The van der Waals surface area contributed by atoms with E-state index in [2.05, 4.69) is 15.5 Å². The topological polar surface area (TPSA) is 61.0 Å². The smallest absolute Gasteiger partial charge is 0.274 e. The van der Waals surface area contributed by atoms with Gasteiger partial charge in [-0.1, -0.05) is 29.8 Å². The molecule has 0 radical (unpaired) electrons. The number of H-pyrrole nitrogens is 1. The van der Waals surface area contributed by atoms with Crippen molar-refractivity contribution in [2.75, 3.05) is 13.1 Å². The van der Waals surface area contributed by atoms with E-state index in [0.717, 1.165) is 29.8 Å². The standard InChI is InChI=1S/C16H19ClN4O.ClH/c1-2-21(10-11-5-3-4-6-13(11)17)16(22)15-12-9-18-8-7-14(12)19-20-15;/h3-6,18H,2,7-10H2,1H3,(H,19,20);1H. The molecule has 0 fully saturated rings. The third-order valence-electron chi connectivity index (χ3n) is 4.00. The van der Waals surface area contributed by atoms with Crippen LogP contribution in [-0.2, 0) is 19.5 Å². The summed E-state index contributed by atoms with van der Waals surface area (Å²) in [5.74, 6) is -0.0522. The van der Waals surface area contributed by atoms with Crippen LogP contribution in [0.2, 0.25) is 5.02 Å². The number of nitrogens with zero attached hydrogens (tertiary/aromatic N) is 2. The molecule has 0 atom stereocenters. The van der Waals surface area contributed by atoms with Gasteiger partial charge in [-0.05, 0) is 18.6 Å². The van der Waals surface area contributed by atoms with Crippen LogP contribution in [0.25, 0.3) is 0 Å². The van der Waals surface area contributed by atoms with E-state index in [9.17, 15) is 4.79 Å². The first-order valence-electron chi connectivity index (χ1n) is 7.50. The maximum Gasteiger partial charge on any atom is 0.274 e. The molecular weight excluding hydrogens is 335 g/mol. The zero-order valence-corrected chi connectivity index (χ0v) is 14.5. The van der Waals surface area contributed by atoms with E-state index in [0.29, 0.717) is 30.4 Å². The predicted molar refractivity (Wildman–Crippen MR) is 93.1 cm³/mol. The predicted octanol–water partition coefficient (Wildman–Crippen LogP) is 2.79. The molecular formula is C16H20Cl2N4O. The van der Waals surface area contributed by atoms with Gasteiger partial charge in [-0.3, -0.25) is 9.89 Å². The highest BCUT2D eigenvalue weighted by Crippen LogP contribution is 2.20. The molecule has 1 aliphatic rings. The van der Waals surface area contributed by atoms with Gasteiger partial charge in [0.1, 0.15) is 0 Å². The Morgan fingerprint density at radius 3 is 2.91 bits per heavy atom. The third-order valence-corrected chi connectivity index (χ3v) is 4.37. The monoisotopic (exact) mass is 354 g/mol. The number of carbonyl (C=O) groups is 1. The highest BCUT2D eigenvalue weighted by atomic mass is 35.5. The van der Waals surface area contributed by atoms with Crippen molar-refractivity contribution in [3.05, 3.63) is 51.8 Å². The number of nitrogens with one attached hydrogen (secondary N) is 2. The van der Waals surface area contributed by atoms with Crippen LogP contribution in [0.4, 0.5) is 0 Å². The van der Waals surface area contributed by atoms with Crippen molar-refractivity contribution in [2.24, 2.45) is 0 Å². The van der Waals surface area contributed by atoms with Crippen LogP contribution < -0.4 is 5.32 Å². The number of fused-ring (bicyclic) bond motifs is 1. The number of rotatable bonds is 4. The molecule has 2 heterocycles. The molecule has 0 unspecified atom stereocenters. The summed E-state index contributed by atoms with van der Waals surface area (Å²) in [6.45, 7) is 4.67. The summed E-state index contributed by atoms with van der Waals surface area (Å²) < 4.78 is 0. The summed E-state index contributed by atoms with van der Waals surface area (Å²) in [4.78, 5) is 14.6. The molecule has 7 heteroatoms. The van der Waals surface area contributed by atoms with E-state index < -0.39 is 0 Å². The first-order chi connectivity index (χ1) is 10.7. The van der Waals surface area contributed by atoms with Crippen molar-refractivity contribution in [1.82, 2.24) is 20.4 Å². The van der Waals surface area contributed by atoms with E-state index in [4.69, 9.17) is 11.6 Å². The Bertz CT molecular complexity index is 686. The second-order valence-corrected chi connectivity index (χ2v) is 5.77. The van der Waals surface area contributed by atoms with Crippen molar-refractivity contribution in [1.29, 1.82) is 0 Å². The Hall–Kier alpha value is -1.56. The molecule has 0 aliphatic carbocycles. The molecule has 1 aromatic heterocycles. The van der Waals surface area contributed by atoms with Gasteiger partial charge in [-0.2, -0.15) is 5.10 Å². The van der Waals surface area contributed by atoms with Crippen LogP contribution in [-0.4, -0.2) is 34.1 Å². The lowest BCUT2D eigenvalue weighted by molar-refractivity contribution is 0.0745. The number of benzene rings is 1. The number of hydrogen-bond donors (Lipinski definition) is 2. The summed E-state index contributed by atoms with van der Waals surface area (Å²) in [7, 11) is 0. The number of halogens is 2. The normalized spacial score (nSPS) is 13.1. The lowest BCUT2D eigenvalue weighted by Gasteiger charge is -2.22. The van der Waals surface area contributed by atoms with Gasteiger partial charge in [0.15, 0.2) is 5.69 Å². The number of carbonyl (C=O) groups excluding carboxylic acids is 1. The molecule has 1 aliphatic heterocycles. The SMILES string of the molecule is CCN(Cc1ccccc1Cl)C(=O)c1n[nH]c2c1CNCC2.Cl. The summed E-state index contributed by atoms with van der Waals surface area (Å²) in [5.41, 5.74) is 3.53. The lowest BCUT2D eigenvalue weighted by atomic mass is 10.1. The Morgan fingerprint density at radius 1 is 1.39 bits per heavy atom. The van der Waals surface area contributed by atoms with Crippen molar-refractivity contribution < 1.29 is 4.79 Å². The van der Waals surface area contributed by atoms with Crippen LogP contribution in [0.3, 0.4) is 0 Å². The van der Waals surface area contributed by atoms with Crippen LogP contribution in [0.5, 0.6) is 0 Å². The fourth-order valence-electron chi connectivity index (χ4n) is 2.71. The molecule has 5 nitrogen and oxygen atoms in total. The maximum absolute atomic E-state index is 12.8. The molecule has 2 aromatic rings. The minimum atomic E-state index is -0.0522. The molecule has 0 saturated carbocycles. The van der Waals surface area contributed by atoms with Gasteiger partial charge in [0.05, 0.1) is 0 Å². The Balaban J connectivity index is 0.00000192. The van der Waals surface area contributed by atoms with Crippen molar-refractivity contribution in [2.45, 2.75) is 26.4 Å². The first kappa shape index (κ1) is 17.8. The zero-order valence-electron chi connectivity index (χ0n) is 12.9. The highest BCUT2D eigenvalue weighted by molar-refractivity contribution is 6.31. The maximum atomic E-state index is 12.8. The molecule has 0 spiro atoms. The first-order valence-corrected chi connectivity index (χ1v) is 7.88. The van der Waals surface area contributed by atoms with Gasteiger partial charge < -0.3 is 10.2 Å². The summed E-state index contributed by atoms with van der Waals surface area (Å²) in [6.07, 6.45) is 0.881. The molecule has 124 valence electrons. The number of aromatic nitrogens is 2. The second-order valence-electron chi connectivity index (χ2n) is 5.37. The fourth-order valence-corrected chi connectivity index (χ4v) is 2.91. The van der Waals surface area contributed by atoms with Crippen LogP contribution in [0, 0.1) is 0 Å².